The second kappa shape index (κ2) is 2.85. The van der Waals surface area contributed by atoms with Crippen molar-refractivity contribution in [2.24, 2.45) is 0 Å². The van der Waals surface area contributed by atoms with E-state index in [0.717, 1.165) is 0 Å². The topological polar surface area (TPSA) is 82.7 Å². The van der Waals surface area contributed by atoms with Gasteiger partial charge in [-0.2, -0.15) is 5.26 Å². The summed E-state index contributed by atoms with van der Waals surface area (Å²) in [6.45, 7) is 0. The van der Waals surface area contributed by atoms with Crippen LogP contribution < -0.4 is 0 Å². The number of aromatic nitrogens is 1. The molecule has 0 saturated heterocycles. The van der Waals surface area contributed by atoms with Crippen LogP contribution in [0.15, 0.2) is 24.3 Å². The lowest BCUT2D eigenvalue weighted by Crippen LogP contribution is -1.88. The van der Waals surface area contributed by atoms with Crippen molar-refractivity contribution in [2.45, 2.75) is 0 Å². The fraction of sp³-hybridized carbons (Fsp3) is 0. The van der Waals surface area contributed by atoms with E-state index in [2.05, 4.69) is 4.98 Å². The number of nitrogens with one attached hydrogen (secondary N) is 1. The molecule has 1 aromatic carbocycles. The lowest BCUT2D eigenvalue weighted by Gasteiger charge is -1.87. The molecule has 2 aromatic rings. The van der Waals surface area contributed by atoms with Gasteiger partial charge in [0, 0.05) is 0 Å². The molecule has 0 radical (unpaired) electrons. The number of hydrogen-bond acceptors (Lipinski definition) is 3. The van der Waals surface area contributed by atoms with Gasteiger partial charge in [0.15, 0.2) is 5.69 Å². The molecule has 0 aliphatic carbocycles. The van der Waals surface area contributed by atoms with Crippen LogP contribution in [0.1, 0.15) is 5.69 Å². The minimum Gasteiger partial charge on any atom is -0.340 e. The number of benzene rings is 1. The summed E-state index contributed by atoms with van der Waals surface area (Å²) in [6, 6.07) is 8.54. The Hall–Kier alpha value is -2.35. The smallest absolute Gasteiger partial charge is 0.312 e. The highest BCUT2D eigenvalue weighted by Gasteiger charge is 2.20. The predicted octanol–water partition coefficient (Wildman–Crippen LogP) is 1.95. The van der Waals surface area contributed by atoms with E-state index in [0.29, 0.717) is 10.9 Å². The van der Waals surface area contributed by atoms with Gasteiger partial charge in [-0.3, -0.25) is 10.1 Å². The fourth-order valence-corrected chi connectivity index (χ4v) is 1.40. The number of nitro groups is 1. The normalized spacial score (nSPS) is 9.93. The highest BCUT2D eigenvalue weighted by molar-refractivity contribution is 5.91. The number of rotatable bonds is 1. The van der Waals surface area contributed by atoms with Gasteiger partial charge in [-0.1, -0.05) is 12.1 Å². The second-order valence-corrected chi connectivity index (χ2v) is 2.76. The molecule has 0 aliphatic rings. The summed E-state index contributed by atoms with van der Waals surface area (Å²) < 4.78 is 0. The molecule has 0 fully saturated rings. The van der Waals surface area contributed by atoms with Crippen molar-refractivity contribution in [3.05, 3.63) is 40.1 Å². The van der Waals surface area contributed by atoms with Crippen LogP contribution in [-0.2, 0) is 0 Å². The number of para-hydroxylation sites is 1. The number of fused-ring (bicyclic) bond motifs is 1. The first-order chi connectivity index (χ1) is 6.74. The highest BCUT2D eigenvalue weighted by atomic mass is 16.6. The Balaban J connectivity index is 2.89. The summed E-state index contributed by atoms with van der Waals surface area (Å²) >= 11 is 0. The number of nitriles is 1. The third-order valence-corrected chi connectivity index (χ3v) is 1.97. The van der Waals surface area contributed by atoms with Gasteiger partial charge in [-0.05, 0) is 12.1 Å². The molecule has 0 saturated carbocycles. The molecule has 68 valence electrons. The van der Waals surface area contributed by atoms with Crippen LogP contribution in [0.4, 0.5) is 5.69 Å². The maximum Gasteiger partial charge on any atom is 0.312 e. The van der Waals surface area contributed by atoms with Crippen LogP contribution in [0.25, 0.3) is 10.9 Å². The Morgan fingerprint density at radius 1 is 1.43 bits per heavy atom. The Bertz CT molecular complexity index is 551. The lowest BCUT2D eigenvalue weighted by molar-refractivity contribution is -0.383. The molecular weight excluding hydrogens is 182 g/mol. The lowest BCUT2D eigenvalue weighted by atomic mass is 10.2. The zero-order valence-electron chi connectivity index (χ0n) is 7.02. The fourth-order valence-electron chi connectivity index (χ4n) is 1.40. The minimum atomic E-state index is -0.544. The van der Waals surface area contributed by atoms with Crippen LogP contribution in [0.3, 0.4) is 0 Å². The molecule has 5 heteroatoms. The average molecular weight is 187 g/mol. The molecule has 0 unspecified atom stereocenters. The molecule has 1 N–H and O–H groups in total. The van der Waals surface area contributed by atoms with E-state index in [1.807, 2.05) is 0 Å². The molecule has 5 nitrogen and oxygen atoms in total. The van der Waals surface area contributed by atoms with Crippen LogP contribution in [0.2, 0.25) is 0 Å². The standard InChI is InChI=1S/C9H5N3O2/c10-5-8-9(12(13)14)6-3-1-2-4-7(6)11-8/h1-4,11H. The van der Waals surface area contributed by atoms with E-state index in [4.69, 9.17) is 5.26 Å². The third-order valence-electron chi connectivity index (χ3n) is 1.97. The number of H-pyrrole nitrogens is 1. The number of nitrogens with zero attached hydrogens (tertiary/aromatic N) is 2. The summed E-state index contributed by atoms with van der Waals surface area (Å²) in [5.74, 6) is 0. The molecule has 2 rings (SSSR count). The summed E-state index contributed by atoms with van der Waals surface area (Å²) in [4.78, 5) is 12.8. The SMILES string of the molecule is N#Cc1[nH]c2ccccc2c1[N+](=O)[O-]. The van der Waals surface area contributed by atoms with Crippen molar-refractivity contribution >= 4 is 16.6 Å². The van der Waals surface area contributed by atoms with Gasteiger partial charge in [-0.15, -0.1) is 0 Å². The zero-order chi connectivity index (χ0) is 10.1. The maximum atomic E-state index is 10.7. The average Bonchev–Trinajstić information content (AvgIpc) is 2.55. The van der Waals surface area contributed by atoms with E-state index in [1.165, 1.54) is 0 Å². The Morgan fingerprint density at radius 3 is 2.79 bits per heavy atom. The molecule has 1 aromatic heterocycles. The summed E-state index contributed by atoms with van der Waals surface area (Å²) in [7, 11) is 0. The van der Waals surface area contributed by atoms with Crippen LogP contribution >= 0.6 is 0 Å². The first kappa shape index (κ1) is 8.26. The van der Waals surface area contributed by atoms with E-state index in [9.17, 15) is 10.1 Å². The second-order valence-electron chi connectivity index (χ2n) is 2.76. The van der Waals surface area contributed by atoms with Gasteiger partial charge < -0.3 is 4.98 Å². The van der Waals surface area contributed by atoms with E-state index < -0.39 is 4.92 Å². The van der Waals surface area contributed by atoms with Gasteiger partial charge in [0.25, 0.3) is 0 Å². The van der Waals surface area contributed by atoms with Gasteiger partial charge in [-0.25, -0.2) is 0 Å². The van der Waals surface area contributed by atoms with Crippen molar-refractivity contribution < 1.29 is 4.92 Å². The van der Waals surface area contributed by atoms with E-state index in [-0.39, 0.29) is 11.4 Å². The molecule has 0 amide bonds. The molecule has 14 heavy (non-hydrogen) atoms. The Morgan fingerprint density at radius 2 is 2.14 bits per heavy atom. The largest absolute Gasteiger partial charge is 0.340 e. The van der Waals surface area contributed by atoms with Crippen LogP contribution in [0, 0.1) is 21.4 Å². The van der Waals surface area contributed by atoms with E-state index >= 15 is 0 Å². The van der Waals surface area contributed by atoms with Crippen molar-refractivity contribution in [2.75, 3.05) is 0 Å². The maximum absolute atomic E-state index is 10.7. The van der Waals surface area contributed by atoms with Crippen molar-refractivity contribution in [3.63, 3.8) is 0 Å². The van der Waals surface area contributed by atoms with Crippen LogP contribution in [0.5, 0.6) is 0 Å². The highest BCUT2D eigenvalue weighted by Crippen LogP contribution is 2.28. The molecule has 0 spiro atoms. The van der Waals surface area contributed by atoms with Gasteiger partial charge in [0.05, 0.1) is 15.8 Å². The zero-order valence-corrected chi connectivity index (χ0v) is 7.02. The predicted molar refractivity (Wildman–Crippen MR) is 49.7 cm³/mol. The number of hydrogen-bond donors (Lipinski definition) is 1. The quantitative estimate of drug-likeness (QED) is 0.547. The van der Waals surface area contributed by atoms with Crippen LogP contribution in [-0.4, -0.2) is 9.91 Å². The minimum absolute atomic E-state index is 0.00352. The Labute approximate surface area is 78.7 Å². The molecule has 0 aliphatic heterocycles. The van der Waals surface area contributed by atoms with Crippen molar-refractivity contribution in [3.8, 4) is 6.07 Å². The Kier molecular flexibility index (Phi) is 1.68. The van der Waals surface area contributed by atoms with Gasteiger partial charge >= 0.3 is 5.69 Å². The first-order valence-electron chi connectivity index (χ1n) is 3.89. The molecule has 1 heterocycles. The third kappa shape index (κ3) is 1.02. The monoisotopic (exact) mass is 187 g/mol. The summed E-state index contributed by atoms with van der Waals surface area (Å²) in [5.41, 5.74) is 0.454. The molecular formula is C9H5N3O2. The first-order valence-corrected chi connectivity index (χ1v) is 3.89. The van der Waals surface area contributed by atoms with Crippen molar-refractivity contribution in [1.29, 1.82) is 5.26 Å². The van der Waals surface area contributed by atoms with Gasteiger partial charge in [0.2, 0.25) is 0 Å². The summed E-state index contributed by atoms with van der Waals surface area (Å²) in [6.07, 6.45) is 0. The number of aromatic amines is 1. The van der Waals surface area contributed by atoms with Crippen molar-refractivity contribution in [1.82, 2.24) is 4.98 Å². The van der Waals surface area contributed by atoms with Gasteiger partial charge in [0.1, 0.15) is 6.07 Å². The molecule has 0 atom stereocenters. The summed E-state index contributed by atoms with van der Waals surface area (Å²) in [5, 5.41) is 19.8. The molecule has 0 bridgehead atoms. The van der Waals surface area contributed by atoms with E-state index in [1.54, 1.807) is 30.3 Å².